The van der Waals surface area contributed by atoms with E-state index in [1.807, 2.05) is 0 Å². The number of hydrogen-bond donors (Lipinski definition) is 2. The number of carbonyl (C=O) groups excluding carboxylic acids is 2. The van der Waals surface area contributed by atoms with Crippen LogP contribution in [0.25, 0.3) is 0 Å². The molecular weight excluding hydrogens is 399 g/mol. The van der Waals surface area contributed by atoms with Crippen LogP contribution in [0, 0.1) is 11.7 Å². The number of amides is 2. The number of sulfonamides is 1. The fourth-order valence-electron chi connectivity index (χ4n) is 3.07. The van der Waals surface area contributed by atoms with Crippen LogP contribution in [0.5, 0.6) is 0 Å². The predicted octanol–water partition coefficient (Wildman–Crippen LogP) is 1.38. The molecule has 0 radical (unpaired) electrons. The van der Waals surface area contributed by atoms with E-state index in [4.69, 9.17) is 0 Å². The lowest BCUT2D eigenvalue weighted by Crippen LogP contribution is -2.46. The fraction of sp³-hybridized carbons (Fsp3) is 0.316. The number of nitrogens with one attached hydrogen (secondary N) is 2. The number of hydrogen-bond acceptors (Lipinski definition) is 5. The van der Waals surface area contributed by atoms with Crippen molar-refractivity contribution in [3.8, 4) is 0 Å². The van der Waals surface area contributed by atoms with Gasteiger partial charge in [0.1, 0.15) is 11.6 Å². The molecule has 2 heterocycles. The summed E-state index contributed by atoms with van der Waals surface area (Å²) in [5, 5.41) is 5.10. The summed E-state index contributed by atoms with van der Waals surface area (Å²) in [6.07, 6.45) is 2.56. The van der Waals surface area contributed by atoms with E-state index >= 15 is 0 Å². The van der Waals surface area contributed by atoms with Crippen LogP contribution in [0.4, 0.5) is 10.2 Å². The second-order valence-corrected chi connectivity index (χ2v) is 8.58. The molecule has 2 amide bonds. The number of piperidine rings is 1. The van der Waals surface area contributed by atoms with Crippen molar-refractivity contribution in [1.29, 1.82) is 0 Å². The minimum atomic E-state index is -3.82. The number of benzene rings is 1. The Bertz CT molecular complexity index is 967. The van der Waals surface area contributed by atoms with Crippen LogP contribution in [-0.4, -0.2) is 49.2 Å². The zero-order chi connectivity index (χ0) is 20.9. The van der Waals surface area contributed by atoms with E-state index in [0.717, 1.165) is 12.1 Å². The van der Waals surface area contributed by atoms with Crippen molar-refractivity contribution in [2.24, 2.45) is 5.92 Å². The highest BCUT2D eigenvalue weighted by Gasteiger charge is 2.33. The molecule has 1 atom stereocenters. The van der Waals surface area contributed by atoms with Crippen molar-refractivity contribution in [2.75, 3.05) is 25.0 Å². The SMILES string of the molecule is O=C(CNC(=O)[C@H]1CCCN(S(=O)(=O)c2ccc(F)cc2)C1)Nc1ccccn1. The predicted molar refractivity (Wildman–Crippen MR) is 104 cm³/mol. The molecule has 2 N–H and O–H groups in total. The maximum Gasteiger partial charge on any atom is 0.244 e. The summed E-state index contributed by atoms with van der Waals surface area (Å²) in [7, 11) is -3.82. The zero-order valence-electron chi connectivity index (χ0n) is 15.5. The molecular formula is C19H21FN4O4S. The van der Waals surface area contributed by atoms with Crippen molar-refractivity contribution in [3.05, 3.63) is 54.5 Å². The van der Waals surface area contributed by atoms with E-state index in [0.29, 0.717) is 18.7 Å². The van der Waals surface area contributed by atoms with Gasteiger partial charge in [0.15, 0.2) is 0 Å². The lowest BCUT2D eigenvalue weighted by molar-refractivity contribution is -0.128. The summed E-state index contributed by atoms with van der Waals surface area (Å²) in [5.74, 6) is -1.53. The number of anilines is 1. The van der Waals surface area contributed by atoms with Gasteiger partial charge >= 0.3 is 0 Å². The first-order valence-corrected chi connectivity index (χ1v) is 10.5. The van der Waals surface area contributed by atoms with Crippen molar-refractivity contribution in [3.63, 3.8) is 0 Å². The molecule has 10 heteroatoms. The molecule has 1 aliphatic heterocycles. The van der Waals surface area contributed by atoms with Crippen LogP contribution in [0.2, 0.25) is 0 Å². The second-order valence-electron chi connectivity index (χ2n) is 6.64. The Morgan fingerprint density at radius 1 is 1.17 bits per heavy atom. The largest absolute Gasteiger partial charge is 0.347 e. The van der Waals surface area contributed by atoms with Crippen molar-refractivity contribution >= 4 is 27.7 Å². The highest BCUT2D eigenvalue weighted by molar-refractivity contribution is 7.89. The normalized spacial score (nSPS) is 17.5. The summed E-state index contributed by atoms with van der Waals surface area (Å²) < 4.78 is 39.8. The third-order valence-corrected chi connectivity index (χ3v) is 6.44. The number of carbonyl (C=O) groups is 2. The molecule has 0 aliphatic carbocycles. The van der Waals surface area contributed by atoms with Gasteiger partial charge in [0.25, 0.3) is 0 Å². The Hall–Kier alpha value is -2.85. The van der Waals surface area contributed by atoms with Crippen LogP contribution >= 0.6 is 0 Å². The zero-order valence-corrected chi connectivity index (χ0v) is 16.4. The number of nitrogens with zero attached hydrogens (tertiary/aromatic N) is 2. The lowest BCUT2D eigenvalue weighted by Gasteiger charge is -2.31. The molecule has 154 valence electrons. The highest BCUT2D eigenvalue weighted by atomic mass is 32.2. The van der Waals surface area contributed by atoms with Crippen LogP contribution in [0.1, 0.15) is 12.8 Å². The molecule has 8 nitrogen and oxygen atoms in total. The van der Waals surface area contributed by atoms with Gasteiger partial charge in [0, 0.05) is 19.3 Å². The molecule has 2 aromatic rings. The van der Waals surface area contributed by atoms with Crippen LogP contribution in [0.15, 0.2) is 53.6 Å². The third kappa shape index (κ3) is 5.36. The lowest BCUT2D eigenvalue weighted by atomic mass is 9.99. The molecule has 1 aromatic heterocycles. The van der Waals surface area contributed by atoms with Crippen LogP contribution in [0.3, 0.4) is 0 Å². The molecule has 0 spiro atoms. The van der Waals surface area contributed by atoms with E-state index in [1.54, 1.807) is 18.2 Å². The first-order chi connectivity index (χ1) is 13.9. The Labute approximate surface area is 168 Å². The van der Waals surface area contributed by atoms with Gasteiger partial charge in [-0.3, -0.25) is 9.59 Å². The quantitative estimate of drug-likeness (QED) is 0.734. The van der Waals surface area contributed by atoms with Gasteiger partial charge in [-0.25, -0.2) is 17.8 Å². The van der Waals surface area contributed by atoms with Crippen molar-refractivity contribution in [1.82, 2.24) is 14.6 Å². The maximum atomic E-state index is 13.1. The average molecular weight is 420 g/mol. The van der Waals surface area contributed by atoms with E-state index in [-0.39, 0.29) is 30.4 Å². The van der Waals surface area contributed by atoms with Gasteiger partial charge in [-0.2, -0.15) is 4.31 Å². The molecule has 0 bridgehead atoms. The number of halogens is 1. The standard InChI is InChI=1S/C19H21FN4O4S/c20-15-6-8-16(9-7-15)29(27,28)24-11-3-4-14(13-24)19(26)22-12-18(25)23-17-5-1-2-10-21-17/h1-2,5-10,14H,3-4,11-13H2,(H,22,26)(H,21,23,25)/t14-/m0/s1. The van der Waals surface area contributed by atoms with Crippen LogP contribution < -0.4 is 10.6 Å². The fourth-order valence-corrected chi connectivity index (χ4v) is 4.59. The van der Waals surface area contributed by atoms with E-state index in [9.17, 15) is 22.4 Å². The van der Waals surface area contributed by atoms with Crippen molar-refractivity contribution in [2.45, 2.75) is 17.7 Å². The third-order valence-electron chi connectivity index (χ3n) is 4.56. The number of rotatable bonds is 6. The molecule has 29 heavy (non-hydrogen) atoms. The number of aromatic nitrogens is 1. The van der Waals surface area contributed by atoms with Gasteiger partial charge in [0.2, 0.25) is 21.8 Å². The van der Waals surface area contributed by atoms with Gasteiger partial charge in [-0.1, -0.05) is 6.07 Å². The second kappa shape index (κ2) is 9.10. The van der Waals surface area contributed by atoms with Crippen molar-refractivity contribution < 1.29 is 22.4 Å². The minimum Gasteiger partial charge on any atom is -0.347 e. The Morgan fingerprint density at radius 3 is 2.62 bits per heavy atom. The molecule has 1 aromatic carbocycles. The molecule has 3 rings (SSSR count). The van der Waals surface area contributed by atoms with Gasteiger partial charge in [-0.15, -0.1) is 0 Å². The smallest absolute Gasteiger partial charge is 0.244 e. The van der Waals surface area contributed by atoms with Gasteiger partial charge in [0.05, 0.1) is 17.4 Å². The Balaban J connectivity index is 1.56. The monoisotopic (exact) mass is 420 g/mol. The maximum absolute atomic E-state index is 13.1. The molecule has 1 fully saturated rings. The highest BCUT2D eigenvalue weighted by Crippen LogP contribution is 2.24. The minimum absolute atomic E-state index is 0.00734. The first-order valence-electron chi connectivity index (χ1n) is 9.10. The van der Waals surface area contributed by atoms with E-state index in [1.165, 1.54) is 22.6 Å². The summed E-state index contributed by atoms with van der Waals surface area (Å²) in [5.41, 5.74) is 0. The summed E-state index contributed by atoms with van der Waals surface area (Å²) >= 11 is 0. The summed E-state index contributed by atoms with van der Waals surface area (Å²) in [4.78, 5) is 28.3. The number of pyridine rings is 1. The van der Waals surface area contributed by atoms with Gasteiger partial charge < -0.3 is 10.6 Å². The topological polar surface area (TPSA) is 108 Å². The average Bonchev–Trinajstić information content (AvgIpc) is 2.73. The molecule has 1 aliphatic rings. The summed E-state index contributed by atoms with van der Waals surface area (Å²) in [6, 6.07) is 9.64. The molecule has 0 unspecified atom stereocenters. The molecule has 0 saturated carbocycles. The first kappa shape index (κ1) is 20.9. The van der Waals surface area contributed by atoms with Gasteiger partial charge in [-0.05, 0) is 49.2 Å². The molecule has 1 saturated heterocycles. The van der Waals surface area contributed by atoms with Crippen LogP contribution in [-0.2, 0) is 19.6 Å². The Morgan fingerprint density at radius 2 is 1.93 bits per heavy atom. The summed E-state index contributed by atoms with van der Waals surface area (Å²) in [6.45, 7) is 0.0493. The van der Waals surface area contributed by atoms with E-state index in [2.05, 4.69) is 15.6 Å². The Kier molecular flexibility index (Phi) is 6.55. The van der Waals surface area contributed by atoms with E-state index < -0.39 is 27.7 Å².